The minimum Gasteiger partial charge on any atom is -0.496 e. The van der Waals surface area contributed by atoms with E-state index in [1.54, 1.807) is 7.11 Å². The molecule has 0 atom stereocenters. The molecule has 0 aliphatic carbocycles. The van der Waals surface area contributed by atoms with Gasteiger partial charge in [0.15, 0.2) is 0 Å². The van der Waals surface area contributed by atoms with Crippen LogP contribution in [0.4, 0.5) is 0 Å². The van der Waals surface area contributed by atoms with Crippen LogP contribution in [0.15, 0.2) is 6.07 Å². The summed E-state index contributed by atoms with van der Waals surface area (Å²) in [5, 5.41) is 0. The molecule has 1 saturated heterocycles. The quantitative estimate of drug-likeness (QED) is 0.920. The molecular formula is C18H27N3O2. The maximum Gasteiger partial charge on any atom is 0.125 e. The van der Waals surface area contributed by atoms with Crippen LogP contribution in [-0.2, 0) is 11.3 Å². The van der Waals surface area contributed by atoms with E-state index >= 15 is 0 Å². The van der Waals surface area contributed by atoms with Crippen LogP contribution in [0.5, 0.6) is 5.75 Å². The highest BCUT2D eigenvalue weighted by Crippen LogP contribution is 2.31. The third kappa shape index (κ3) is 3.35. The molecule has 2 heterocycles. The van der Waals surface area contributed by atoms with Gasteiger partial charge in [0.2, 0.25) is 0 Å². The number of rotatable bonds is 5. The highest BCUT2D eigenvalue weighted by Gasteiger charge is 2.22. The number of ether oxygens (including phenoxy) is 2. The first-order valence-corrected chi connectivity index (χ1v) is 8.49. The lowest BCUT2D eigenvalue weighted by Crippen LogP contribution is -2.36. The second-order valence-corrected chi connectivity index (χ2v) is 6.35. The van der Waals surface area contributed by atoms with Gasteiger partial charge in [-0.25, -0.2) is 4.98 Å². The van der Waals surface area contributed by atoms with E-state index in [9.17, 15) is 0 Å². The predicted molar refractivity (Wildman–Crippen MR) is 92.0 cm³/mol. The Morgan fingerprint density at radius 1 is 1.30 bits per heavy atom. The number of likely N-dealkylation sites (tertiary alicyclic amines) is 1. The summed E-state index contributed by atoms with van der Waals surface area (Å²) in [6.45, 7) is 9.99. The van der Waals surface area contributed by atoms with Crippen molar-refractivity contribution in [3.05, 3.63) is 23.0 Å². The number of hydrogen-bond acceptors (Lipinski definition) is 4. The first kappa shape index (κ1) is 16.3. The van der Waals surface area contributed by atoms with Gasteiger partial charge in [-0.3, -0.25) is 4.90 Å². The molecule has 0 spiro atoms. The van der Waals surface area contributed by atoms with Crippen molar-refractivity contribution in [1.82, 2.24) is 14.9 Å². The molecule has 1 aromatic heterocycles. The summed E-state index contributed by atoms with van der Waals surface area (Å²) >= 11 is 0. The number of nitrogens with zero attached hydrogens (tertiary/aromatic N) is 2. The standard InChI is InChI=1S/C18H27N3O2/c1-5-23-14-6-8-21(9-7-14)11-15-16(22-4)10-12(2)17-18(15)20-13(3)19-17/h10,14H,5-9,11H2,1-4H3,(H,19,20). The van der Waals surface area contributed by atoms with E-state index in [-0.39, 0.29) is 0 Å². The zero-order valence-electron chi connectivity index (χ0n) is 14.6. The summed E-state index contributed by atoms with van der Waals surface area (Å²) in [6.07, 6.45) is 2.63. The summed E-state index contributed by atoms with van der Waals surface area (Å²) in [4.78, 5) is 10.5. The molecule has 0 saturated carbocycles. The topological polar surface area (TPSA) is 50.4 Å². The van der Waals surface area contributed by atoms with Crippen molar-refractivity contribution < 1.29 is 9.47 Å². The van der Waals surface area contributed by atoms with Crippen LogP contribution < -0.4 is 4.74 Å². The van der Waals surface area contributed by atoms with Crippen molar-refractivity contribution in [3.8, 4) is 5.75 Å². The number of H-pyrrole nitrogens is 1. The Morgan fingerprint density at radius 3 is 2.70 bits per heavy atom. The van der Waals surface area contributed by atoms with E-state index in [4.69, 9.17) is 9.47 Å². The molecule has 5 nitrogen and oxygen atoms in total. The molecular weight excluding hydrogens is 290 g/mol. The van der Waals surface area contributed by atoms with Crippen LogP contribution in [-0.4, -0.2) is 47.8 Å². The number of methoxy groups -OCH3 is 1. The molecule has 5 heteroatoms. The maximum atomic E-state index is 5.75. The van der Waals surface area contributed by atoms with Gasteiger partial charge in [-0.05, 0) is 45.2 Å². The number of fused-ring (bicyclic) bond motifs is 1. The summed E-state index contributed by atoms with van der Waals surface area (Å²) in [5.41, 5.74) is 4.54. The van der Waals surface area contributed by atoms with Gasteiger partial charge in [0.05, 0.1) is 24.2 Å². The number of aryl methyl sites for hydroxylation is 2. The first-order chi connectivity index (χ1) is 11.1. The van der Waals surface area contributed by atoms with Gasteiger partial charge in [-0.2, -0.15) is 0 Å². The molecule has 126 valence electrons. The fraction of sp³-hybridized carbons (Fsp3) is 0.611. The Bertz CT molecular complexity index is 672. The van der Waals surface area contributed by atoms with Gasteiger partial charge in [0.1, 0.15) is 11.6 Å². The lowest BCUT2D eigenvalue weighted by atomic mass is 10.0. The second kappa shape index (κ2) is 6.89. The Labute approximate surface area is 138 Å². The van der Waals surface area contributed by atoms with Gasteiger partial charge >= 0.3 is 0 Å². The van der Waals surface area contributed by atoms with Gasteiger partial charge < -0.3 is 14.5 Å². The average Bonchev–Trinajstić information content (AvgIpc) is 2.94. The number of hydrogen-bond donors (Lipinski definition) is 1. The zero-order chi connectivity index (χ0) is 16.4. The highest BCUT2D eigenvalue weighted by molar-refractivity contribution is 5.84. The van der Waals surface area contributed by atoms with Crippen LogP contribution >= 0.6 is 0 Å². The predicted octanol–water partition coefficient (Wildman–Crippen LogP) is 3.19. The van der Waals surface area contributed by atoms with Crippen molar-refractivity contribution in [3.63, 3.8) is 0 Å². The summed E-state index contributed by atoms with van der Waals surface area (Å²) in [7, 11) is 1.74. The van der Waals surface area contributed by atoms with E-state index in [0.717, 1.165) is 67.3 Å². The maximum absolute atomic E-state index is 5.75. The average molecular weight is 317 g/mol. The smallest absolute Gasteiger partial charge is 0.125 e. The van der Waals surface area contributed by atoms with Crippen LogP contribution in [0, 0.1) is 13.8 Å². The molecule has 0 unspecified atom stereocenters. The summed E-state index contributed by atoms with van der Waals surface area (Å²) in [5.74, 6) is 1.90. The normalized spacial score (nSPS) is 17.0. The fourth-order valence-corrected chi connectivity index (χ4v) is 3.50. The van der Waals surface area contributed by atoms with E-state index in [1.165, 1.54) is 5.56 Å². The van der Waals surface area contributed by atoms with Crippen molar-refractivity contribution >= 4 is 11.0 Å². The van der Waals surface area contributed by atoms with Crippen molar-refractivity contribution in [1.29, 1.82) is 0 Å². The van der Waals surface area contributed by atoms with Gasteiger partial charge in [-0.1, -0.05) is 0 Å². The van der Waals surface area contributed by atoms with Crippen LogP contribution in [0.3, 0.4) is 0 Å². The second-order valence-electron chi connectivity index (χ2n) is 6.35. The number of nitrogens with one attached hydrogen (secondary N) is 1. The molecule has 1 fully saturated rings. The number of benzene rings is 1. The zero-order valence-corrected chi connectivity index (χ0v) is 14.6. The number of aromatic amines is 1. The van der Waals surface area contributed by atoms with Gasteiger partial charge in [-0.15, -0.1) is 0 Å². The largest absolute Gasteiger partial charge is 0.496 e. The lowest BCUT2D eigenvalue weighted by Gasteiger charge is -2.32. The molecule has 2 aromatic rings. The van der Waals surface area contributed by atoms with Gasteiger partial charge in [0, 0.05) is 31.8 Å². The minimum absolute atomic E-state index is 0.422. The number of aromatic nitrogens is 2. The summed E-state index contributed by atoms with van der Waals surface area (Å²) in [6, 6.07) is 2.10. The lowest BCUT2D eigenvalue weighted by molar-refractivity contribution is 0.0125. The van der Waals surface area contributed by atoms with Crippen LogP contribution in [0.1, 0.15) is 36.7 Å². The van der Waals surface area contributed by atoms with E-state index in [0.29, 0.717) is 6.10 Å². The van der Waals surface area contributed by atoms with Crippen LogP contribution in [0.2, 0.25) is 0 Å². The Kier molecular flexibility index (Phi) is 4.87. The highest BCUT2D eigenvalue weighted by atomic mass is 16.5. The fourth-order valence-electron chi connectivity index (χ4n) is 3.50. The first-order valence-electron chi connectivity index (χ1n) is 8.49. The Balaban J connectivity index is 1.84. The molecule has 1 aliphatic rings. The molecule has 1 N–H and O–H groups in total. The molecule has 23 heavy (non-hydrogen) atoms. The summed E-state index contributed by atoms with van der Waals surface area (Å²) < 4.78 is 11.4. The minimum atomic E-state index is 0.422. The molecule has 3 rings (SSSR count). The van der Waals surface area contributed by atoms with E-state index in [2.05, 4.69) is 34.8 Å². The molecule has 0 amide bonds. The SMILES string of the molecule is CCOC1CCN(Cc2c(OC)cc(C)c3nc(C)[nH]c23)CC1. The van der Waals surface area contributed by atoms with Gasteiger partial charge in [0.25, 0.3) is 0 Å². The van der Waals surface area contributed by atoms with E-state index < -0.39 is 0 Å². The van der Waals surface area contributed by atoms with Crippen molar-refractivity contribution in [2.45, 2.75) is 46.3 Å². The van der Waals surface area contributed by atoms with Crippen molar-refractivity contribution in [2.24, 2.45) is 0 Å². The molecule has 0 radical (unpaired) electrons. The Morgan fingerprint density at radius 2 is 2.04 bits per heavy atom. The molecule has 1 aliphatic heterocycles. The Hall–Kier alpha value is -1.59. The molecule has 0 bridgehead atoms. The van der Waals surface area contributed by atoms with E-state index in [1.807, 2.05) is 6.92 Å². The monoisotopic (exact) mass is 317 g/mol. The number of imidazole rings is 1. The number of piperidine rings is 1. The molecule has 1 aromatic carbocycles. The third-order valence-electron chi connectivity index (χ3n) is 4.68. The third-order valence-corrected chi connectivity index (χ3v) is 4.68. The van der Waals surface area contributed by atoms with Crippen LogP contribution in [0.25, 0.3) is 11.0 Å². The van der Waals surface area contributed by atoms with Crippen molar-refractivity contribution in [2.75, 3.05) is 26.8 Å².